The lowest BCUT2D eigenvalue weighted by atomic mass is 9.78. The minimum Gasteiger partial charge on any atom is -0.399 e. The highest BCUT2D eigenvalue weighted by Crippen LogP contribution is 2.38. The number of hydrogen-bond acceptors (Lipinski definition) is 17. The third-order valence-electron chi connectivity index (χ3n) is 15.9. The van der Waals surface area contributed by atoms with Crippen molar-refractivity contribution in [2.24, 2.45) is 0 Å². The minimum atomic E-state index is -5.74. The fourth-order valence-electron chi connectivity index (χ4n) is 9.42. The van der Waals surface area contributed by atoms with Crippen LogP contribution in [0.4, 0.5) is 69.7 Å². The average molecular weight is 1540 g/mol. The molecule has 546 valence electrons. The molecule has 10 aromatic rings. The van der Waals surface area contributed by atoms with Crippen molar-refractivity contribution >= 4 is 95.5 Å². The molecule has 20 nitrogen and oxygen atoms in total. The van der Waals surface area contributed by atoms with Gasteiger partial charge in [0, 0.05) is 90.8 Å². The summed E-state index contributed by atoms with van der Waals surface area (Å²) < 4.78 is 191. The van der Waals surface area contributed by atoms with E-state index in [1.807, 2.05) is 61.5 Å². The first-order valence-electron chi connectivity index (χ1n) is 31.0. The number of benzene rings is 3. The second-order valence-corrected chi connectivity index (χ2v) is 26.4. The highest BCUT2D eigenvalue weighted by atomic mass is 79.9. The third kappa shape index (κ3) is 19.8. The molecule has 1 aliphatic rings. The number of hydrogen-bond donors (Lipinski definition) is 3. The summed E-state index contributed by atoms with van der Waals surface area (Å²) in [5.74, 6) is -1.23. The van der Waals surface area contributed by atoms with E-state index in [2.05, 4.69) is 80.9 Å². The Balaban J connectivity index is 0.000000179. The van der Waals surface area contributed by atoms with Crippen LogP contribution in [-0.4, -0.2) is 94.8 Å². The summed E-state index contributed by atoms with van der Waals surface area (Å²) in [6.07, 6.45) is -4.86. The number of anilines is 3. The van der Waals surface area contributed by atoms with E-state index in [1.165, 1.54) is 68.1 Å². The largest absolute Gasteiger partial charge is 0.534 e. The number of halogens is 13. The number of aryl methyl sites for hydroxylation is 7. The van der Waals surface area contributed by atoms with Gasteiger partial charge in [-0.3, -0.25) is 29.3 Å². The zero-order valence-corrected chi connectivity index (χ0v) is 59.2. The lowest BCUT2D eigenvalue weighted by Crippen LogP contribution is -2.41. The molecule has 1 fully saturated rings. The number of aromatic nitrogens is 9. The SMILES string of the molecule is CCc1ncc2cc(-c3cc(NC(=O)c4cccc(C(F)(F)F)c4)cnc3C)c(C)nc2n1.CCc1ncc2cc(OS(=O)(=O)C(F)(F)F)c(C)nc2n1.Cc1ncc(NC(=O)c2cccc(C(F)(F)F)c2)cc1B1OC(C)(C)C(C)(C)O1.Cc1ncc(NC(=O)c2cccc(C(F)(F)F)c2)cc1Br. The molecular weight excluding hydrogens is 1480 g/mol. The van der Waals surface area contributed by atoms with E-state index in [0.717, 1.165) is 70.4 Å². The molecule has 0 atom stereocenters. The third-order valence-corrected chi connectivity index (χ3v) is 17.6. The van der Waals surface area contributed by atoms with Gasteiger partial charge in [0.2, 0.25) is 0 Å². The molecule has 3 amide bonds. The van der Waals surface area contributed by atoms with Crippen LogP contribution in [0.25, 0.3) is 33.2 Å². The van der Waals surface area contributed by atoms with E-state index >= 15 is 0 Å². The van der Waals surface area contributed by atoms with Crippen LogP contribution in [0.15, 0.2) is 139 Å². The van der Waals surface area contributed by atoms with Gasteiger partial charge in [-0.05, 0) is 163 Å². The van der Waals surface area contributed by atoms with Crippen molar-refractivity contribution < 1.29 is 89.0 Å². The number of alkyl halides is 12. The van der Waals surface area contributed by atoms with Crippen molar-refractivity contribution in [3.63, 3.8) is 0 Å². The van der Waals surface area contributed by atoms with Crippen LogP contribution >= 0.6 is 15.9 Å². The molecule has 0 aliphatic carbocycles. The number of nitrogens with zero attached hydrogens (tertiary/aromatic N) is 9. The zero-order valence-electron chi connectivity index (χ0n) is 56.8. The van der Waals surface area contributed by atoms with E-state index in [0.29, 0.717) is 68.5 Å². The highest BCUT2D eigenvalue weighted by Gasteiger charge is 2.52. The van der Waals surface area contributed by atoms with Gasteiger partial charge in [-0.25, -0.2) is 29.9 Å². The molecule has 0 bridgehead atoms. The van der Waals surface area contributed by atoms with Gasteiger partial charge in [-0.1, -0.05) is 32.0 Å². The van der Waals surface area contributed by atoms with E-state index in [1.54, 1.807) is 38.2 Å². The van der Waals surface area contributed by atoms with Crippen LogP contribution in [0.1, 0.15) is 129 Å². The molecule has 104 heavy (non-hydrogen) atoms. The van der Waals surface area contributed by atoms with Gasteiger partial charge in [0.05, 0.1) is 74.9 Å². The first kappa shape index (κ1) is 79.6. The molecule has 0 unspecified atom stereocenters. The van der Waals surface area contributed by atoms with Gasteiger partial charge in [0.15, 0.2) is 17.0 Å². The van der Waals surface area contributed by atoms with Crippen molar-refractivity contribution in [2.45, 2.75) is 124 Å². The number of pyridine rings is 5. The molecule has 35 heteroatoms. The van der Waals surface area contributed by atoms with Crippen LogP contribution in [0.2, 0.25) is 0 Å². The Kier molecular flexibility index (Phi) is 24.1. The summed E-state index contributed by atoms with van der Waals surface area (Å²) in [6, 6.07) is 20.8. The Hall–Kier alpha value is -10.1. The first-order valence-corrected chi connectivity index (χ1v) is 33.2. The van der Waals surface area contributed by atoms with Crippen LogP contribution in [0.5, 0.6) is 5.75 Å². The molecule has 1 aliphatic heterocycles. The van der Waals surface area contributed by atoms with E-state index in [9.17, 15) is 75.5 Å². The van der Waals surface area contributed by atoms with Crippen molar-refractivity contribution in [2.75, 3.05) is 16.0 Å². The summed E-state index contributed by atoms with van der Waals surface area (Å²) in [5, 5.41) is 8.78. The van der Waals surface area contributed by atoms with Crippen LogP contribution < -0.4 is 25.6 Å². The van der Waals surface area contributed by atoms with E-state index in [-0.39, 0.29) is 33.4 Å². The first-order chi connectivity index (χ1) is 48.4. The summed E-state index contributed by atoms with van der Waals surface area (Å²) in [4.78, 5) is 75.0. The maximum Gasteiger partial charge on any atom is 0.534 e. The van der Waals surface area contributed by atoms with Crippen LogP contribution in [-0.2, 0) is 50.8 Å². The minimum absolute atomic E-state index is 0.0175. The highest BCUT2D eigenvalue weighted by molar-refractivity contribution is 9.10. The Labute approximate surface area is 595 Å². The molecular formula is C69H62BBrF12N12O8S. The number of carbonyl (C=O) groups excluding carboxylic acids is 3. The summed E-state index contributed by atoms with van der Waals surface area (Å²) in [6.45, 7) is 20.1. The van der Waals surface area contributed by atoms with Crippen molar-refractivity contribution in [3.05, 3.63) is 212 Å². The number of carbonyl (C=O) groups is 3. The molecule has 7 aromatic heterocycles. The fraction of sp³-hybridized carbons (Fsp3) is 0.275. The van der Waals surface area contributed by atoms with Crippen LogP contribution in [0.3, 0.4) is 0 Å². The van der Waals surface area contributed by atoms with Gasteiger partial charge >= 0.3 is 41.3 Å². The topological polar surface area (TPSA) is 265 Å². The summed E-state index contributed by atoms with van der Waals surface area (Å²) in [5.41, 5.74) is -2.51. The molecule has 3 aromatic carbocycles. The lowest BCUT2D eigenvalue weighted by molar-refractivity contribution is -0.138. The lowest BCUT2D eigenvalue weighted by Gasteiger charge is -2.32. The van der Waals surface area contributed by atoms with Crippen molar-refractivity contribution in [1.82, 2.24) is 44.9 Å². The molecule has 3 N–H and O–H groups in total. The second kappa shape index (κ2) is 31.5. The molecule has 1 saturated heterocycles. The molecule has 0 radical (unpaired) electrons. The zero-order chi connectivity index (χ0) is 76.8. The summed E-state index contributed by atoms with van der Waals surface area (Å²) >= 11 is 3.27. The number of rotatable bonds is 12. The summed E-state index contributed by atoms with van der Waals surface area (Å²) in [7, 11) is -6.40. The Bertz CT molecular complexity index is 5000. The smallest absolute Gasteiger partial charge is 0.399 e. The van der Waals surface area contributed by atoms with E-state index < -0.39 is 92.6 Å². The maximum atomic E-state index is 13.0. The maximum absolute atomic E-state index is 13.0. The standard InChI is InChI=1S/C24H20F3N5O.C20H22BF3N2O3.C14H10BrF3N2O.C11H10F3N3O3S/c1-4-21-29-11-16-9-19(14(3)30-22(16)32-21)20-10-18(12-28-13(20)2)31-23(33)15-6-5-7-17(8-15)24(25,26)27;1-12-16(21-28-18(2,3)19(4,5)29-21)10-15(11-25-12)26-17(27)13-7-6-8-14(9-13)20(22,23)24;1-8-12(15)6-11(7-19-8)20-13(21)9-3-2-4-10(5-9)14(16,17)18;1-3-9-15-5-7-4-8(6(2)16-10(7)17-9)20-21(18,19)11(12,13)14/h5-12H,4H2,1-3H3,(H,31,33);6-11H,1-5H3,(H,26,27);2-7H,1H3,(H,20,21);4-5H,3H2,1-2H3. The average Bonchev–Trinajstić information content (AvgIpc) is 1.64. The normalized spacial score (nSPS) is 13.5. The van der Waals surface area contributed by atoms with Crippen molar-refractivity contribution in [1.29, 1.82) is 0 Å². The van der Waals surface area contributed by atoms with Gasteiger partial charge < -0.3 is 29.4 Å². The Morgan fingerprint density at radius 2 is 0.865 bits per heavy atom. The molecule has 11 rings (SSSR count). The number of fused-ring (bicyclic) bond motifs is 2. The van der Waals surface area contributed by atoms with E-state index in [4.69, 9.17) is 9.31 Å². The monoisotopic (exact) mass is 1540 g/mol. The van der Waals surface area contributed by atoms with Crippen molar-refractivity contribution in [3.8, 4) is 16.9 Å². The van der Waals surface area contributed by atoms with Gasteiger partial charge in [0.1, 0.15) is 11.6 Å². The van der Waals surface area contributed by atoms with Gasteiger partial charge in [-0.2, -0.15) is 61.1 Å². The number of nitrogens with one attached hydrogen (secondary N) is 3. The molecule has 0 saturated carbocycles. The van der Waals surface area contributed by atoms with Gasteiger partial charge in [-0.15, -0.1) is 0 Å². The quantitative estimate of drug-likeness (QED) is 0.0444. The fourth-order valence-corrected chi connectivity index (χ4v) is 10.3. The van der Waals surface area contributed by atoms with Gasteiger partial charge in [0.25, 0.3) is 17.7 Å². The molecule has 8 heterocycles. The van der Waals surface area contributed by atoms with Crippen LogP contribution in [0, 0.1) is 34.6 Å². The molecule has 0 spiro atoms. The number of amides is 3. The predicted molar refractivity (Wildman–Crippen MR) is 366 cm³/mol. The Morgan fingerprint density at radius 3 is 1.28 bits per heavy atom. The Morgan fingerprint density at radius 1 is 0.481 bits per heavy atom. The predicted octanol–water partition coefficient (Wildman–Crippen LogP) is 16.0. The second-order valence-electron chi connectivity index (χ2n) is 24.0.